The molecule has 7 nitrogen and oxygen atoms in total. The first-order valence-electron chi connectivity index (χ1n) is 8.54. The summed E-state index contributed by atoms with van der Waals surface area (Å²) in [6.07, 6.45) is 0.552. The Kier molecular flexibility index (Phi) is 4.38. The van der Waals surface area contributed by atoms with Crippen LogP contribution in [0.15, 0.2) is 29.2 Å². The zero-order valence-electron chi connectivity index (χ0n) is 14.0. The van der Waals surface area contributed by atoms with Crippen molar-refractivity contribution in [1.29, 1.82) is 0 Å². The van der Waals surface area contributed by atoms with Crippen molar-refractivity contribution in [1.82, 2.24) is 0 Å². The molecule has 3 fully saturated rings. The highest BCUT2D eigenvalue weighted by molar-refractivity contribution is 7.86. The molecule has 0 amide bonds. The van der Waals surface area contributed by atoms with Crippen molar-refractivity contribution in [3.63, 3.8) is 0 Å². The first-order chi connectivity index (χ1) is 11.9. The van der Waals surface area contributed by atoms with Crippen LogP contribution in [0.25, 0.3) is 0 Å². The van der Waals surface area contributed by atoms with Gasteiger partial charge in [-0.1, -0.05) is 17.7 Å². The first kappa shape index (κ1) is 17.4. The molecule has 0 bridgehead atoms. The van der Waals surface area contributed by atoms with E-state index in [0.29, 0.717) is 0 Å². The highest BCUT2D eigenvalue weighted by Gasteiger charge is 2.58. The van der Waals surface area contributed by atoms with Crippen molar-refractivity contribution in [2.24, 2.45) is 0 Å². The molecule has 2 aliphatic heterocycles. The van der Waals surface area contributed by atoms with Gasteiger partial charge in [0.15, 0.2) is 12.1 Å². The van der Waals surface area contributed by atoms with Crippen LogP contribution in [0.3, 0.4) is 0 Å². The predicted octanol–water partition coefficient (Wildman–Crippen LogP) is 1.47. The molecule has 25 heavy (non-hydrogen) atoms. The van der Waals surface area contributed by atoms with Gasteiger partial charge in [0.05, 0.1) is 11.5 Å². The number of aliphatic hydroxyl groups excluding tert-OH is 1. The zero-order chi connectivity index (χ0) is 17.7. The van der Waals surface area contributed by atoms with Crippen molar-refractivity contribution >= 4 is 10.1 Å². The van der Waals surface area contributed by atoms with Crippen molar-refractivity contribution < 1.29 is 31.9 Å². The van der Waals surface area contributed by atoms with Gasteiger partial charge in [0.25, 0.3) is 10.1 Å². The monoisotopic (exact) mass is 370 g/mol. The van der Waals surface area contributed by atoms with Crippen LogP contribution in [0, 0.1) is 6.92 Å². The Hall–Kier alpha value is -1.03. The summed E-state index contributed by atoms with van der Waals surface area (Å²) in [5.74, 6) is -0.643. The van der Waals surface area contributed by atoms with Crippen LogP contribution >= 0.6 is 0 Å². The second-order valence-electron chi connectivity index (χ2n) is 6.90. The van der Waals surface area contributed by atoms with Gasteiger partial charge in [0.1, 0.15) is 18.3 Å². The van der Waals surface area contributed by atoms with E-state index in [4.69, 9.17) is 18.4 Å². The lowest BCUT2D eigenvalue weighted by molar-refractivity contribution is -0.231. The van der Waals surface area contributed by atoms with E-state index in [9.17, 15) is 13.5 Å². The van der Waals surface area contributed by atoms with Gasteiger partial charge in [-0.15, -0.1) is 0 Å². The minimum absolute atomic E-state index is 0.0724. The highest BCUT2D eigenvalue weighted by atomic mass is 32.2. The molecule has 1 saturated carbocycles. The Balaban J connectivity index is 1.38. The zero-order valence-corrected chi connectivity index (χ0v) is 14.8. The minimum Gasteiger partial charge on any atom is -0.387 e. The second kappa shape index (κ2) is 6.29. The van der Waals surface area contributed by atoms with Crippen molar-refractivity contribution in [2.45, 2.75) is 67.9 Å². The maximum Gasteiger partial charge on any atom is 0.297 e. The maximum absolute atomic E-state index is 12.2. The van der Waals surface area contributed by atoms with Crippen molar-refractivity contribution in [3.05, 3.63) is 29.8 Å². The fourth-order valence-electron chi connectivity index (χ4n) is 3.63. The van der Waals surface area contributed by atoms with E-state index >= 15 is 0 Å². The molecule has 138 valence electrons. The largest absolute Gasteiger partial charge is 0.387 e. The van der Waals surface area contributed by atoms with E-state index in [2.05, 4.69) is 0 Å². The van der Waals surface area contributed by atoms with Crippen LogP contribution in [0.5, 0.6) is 0 Å². The molecule has 0 radical (unpaired) electrons. The smallest absolute Gasteiger partial charge is 0.297 e. The SMILES string of the molecule is Cc1ccc(S(=O)(=O)OC[C@H]2OC3OC4(CCCC4)O[C@@H]3[C@H]2O)cc1. The number of ether oxygens (including phenoxy) is 3. The van der Waals surface area contributed by atoms with Gasteiger partial charge in [0.2, 0.25) is 0 Å². The third-order valence-corrected chi connectivity index (χ3v) is 6.33. The van der Waals surface area contributed by atoms with Gasteiger partial charge in [-0.25, -0.2) is 0 Å². The molecule has 2 heterocycles. The van der Waals surface area contributed by atoms with Gasteiger partial charge in [0, 0.05) is 12.8 Å². The van der Waals surface area contributed by atoms with Crippen LogP contribution in [0.1, 0.15) is 31.2 Å². The number of benzene rings is 1. The molecule has 3 aliphatic rings. The molecule has 4 atom stereocenters. The molecule has 1 aromatic rings. The van der Waals surface area contributed by atoms with E-state index < -0.39 is 40.5 Å². The Bertz CT molecular complexity index is 724. The first-order valence-corrected chi connectivity index (χ1v) is 9.95. The average Bonchev–Trinajstić information content (AvgIpc) is 3.25. The van der Waals surface area contributed by atoms with Crippen LogP contribution in [0.2, 0.25) is 0 Å². The van der Waals surface area contributed by atoms with Gasteiger partial charge in [-0.3, -0.25) is 4.18 Å². The minimum atomic E-state index is -3.91. The number of aliphatic hydroxyl groups is 1. The van der Waals surface area contributed by atoms with Gasteiger partial charge >= 0.3 is 0 Å². The number of hydrogen-bond acceptors (Lipinski definition) is 7. The van der Waals surface area contributed by atoms with Crippen LogP contribution < -0.4 is 0 Å². The van der Waals surface area contributed by atoms with Gasteiger partial charge in [-0.05, 0) is 31.9 Å². The lowest BCUT2D eigenvalue weighted by atomic mass is 10.1. The molecule has 2 saturated heterocycles. The number of fused-ring (bicyclic) bond motifs is 1. The summed E-state index contributed by atoms with van der Waals surface area (Å²) in [4.78, 5) is 0.0724. The van der Waals surface area contributed by atoms with Crippen molar-refractivity contribution in [3.8, 4) is 0 Å². The summed E-state index contributed by atoms with van der Waals surface area (Å²) in [5, 5.41) is 10.4. The van der Waals surface area contributed by atoms with Gasteiger partial charge < -0.3 is 19.3 Å². The Morgan fingerprint density at radius 3 is 2.52 bits per heavy atom. The Labute approximate surface area is 147 Å². The molecular weight excluding hydrogens is 348 g/mol. The molecule has 4 rings (SSSR count). The molecule has 1 aromatic carbocycles. The molecule has 1 spiro atoms. The Morgan fingerprint density at radius 1 is 1.20 bits per heavy atom. The van der Waals surface area contributed by atoms with Crippen LogP contribution in [-0.2, 0) is 28.5 Å². The predicted molar refractivity (Wildman–Crippen MR) is 86.1 cm³/mol. The summed E-state index contributed by atoms with van der Waals surface area (Å²) in [6.45, 7) is 1.58. The Morgan fingerprint density at radius 2 is 1.88 bits per heavy atom. The standard InChI is InChI=1S/C17H22O7S/c1-11-4-6-12(7-5-11)25(19,20)21-10-13-14(18)15-16(22-13)24-17(23-15)8-2-3-9-17/h4-7,13-16,18H,2-3,8-10H2,1H3/t13-,14+,15-,16?/m1/s1. The summed E-state index contributed by atoms with van der Waals surface area (Å²) in [5.41, 5.74) is 0.955. The molecule has 1 aliphatic carbocycles. The molecular formula is C17H22O7S. The van der Waals surface area contributed by atoms with E-state index in [1.165, 1.54) is 12.1 Å². The fourth-order valence-corrected chi connectivity index (χ4v) is 4.55. The summed E-state index contributed by atoms with van der Waals surface area (Å²) in [6, 6.07) is 6.37. The quantitative estimate of drug-likeness (QED) is 0.803. The number of rotatable bonds is 4. The van der Waals surface area contributed by atoms with E-state index in [0.717, 1.165) is 31.2 Å². The summed E-state index contributed by atoms with van der Waals surface area (Å²) < 4.78 is 46.9. The number of hydrogen-bond donors (Lipinski definition) is 1. The molecule has 0 aromatic heterocycles. The molecule has 1 N–H and O–H groups in total. The van der Waals surface area contributed by atoms with Gasteiger partial charge in [-0.2, -0.15) is 8.42 Å². The topological polar surface area (TPSA) is 91.3 Å². The second-order valence-corrected chi connectivity index (χ2v) is 8.52. The van der Waals surface area contributed by atoms with E-state index in [1.54, 1.807) is 12.1 Å². The summed E-state index contributed by atoms with van der Waals surface area (Å²) in [7, 11) is -3.91. The van der Waals surface area contributed by atoms with Crippen molar-refractivity contribution in [2.75, 3.05) is 6.61 Å². The molecule has 1 unspecified atom stereocenters. The van der Waals surface area contributed by atoms with Crippen LogP contribution in [0.4, 0.5) is 0 Å². The van der Waals surface area contributed by atoms with E-state index in [-0.39, 0.29) is 11.5 Å². The lowest BCUT2D eigenvalue weighted by Crippen LogP contribution is -2.38. The third kappa shape index (κ3) is 3.22. The maximum atomic E-state index is 12.2. The number of aryl methyl sites for hydroxylation is 1. The highest BCUT2D eigenvalue weighted by Crippen LogP contribution is 2.46. The normalized spacial score (nSPS) is 33.8. The van der Waals surface area contributed by atoms with E-state index in [1.807, 2.05) is 6.92 Å². The van der Waals surface area contributed by atoms with Crippen LogP contribution in [-0.4, -0.2) is 50.5 Å². The lowest BCUT2D eigenvalue weighted by Gasteiger charge is -2.25. The fraction of sp³-hybridized carbons (Fsp3) is 0.647. The third-order valence-electron chi connectivity index (χ3n) is 5.04. The summed E-state index contributed by atoms with van der Waals surface area (Å²) >= 11 is 0. The molecule has 8 heteroatoms. The average molecular weight is 370 g/mol.